The molecule has 1 aliphatic heterocycles. The molecule has 0 spiro atoms. The van der Waals surface area contributed by atoms with E-state index in [0.29, 0.717) is 34.9 Å². The second kappa shape index (κ2) is 11.1. The number of benzene rings is 2. The first-order valence-electron chi connectivity index (χ1n) is 13.7. The molecular weight excluding hydrogens is 540 g/mol. The van der Waals surface area contributed by atoms with E-state index in [4.69, 9.17) is 4.74 Å². The number of nitrogens with zero attached hydrogens (tertiary/aromatic N) is 3. The maximum Gasteiger partial charge on any atom is 0.256 e. The number of aryl methyl sites for hydroxylation is 1. The monoisotopic (exact) mass is 576 g/mol. The van der Waals surface area contributed by atoms with Crippen molar-refractivity contribution in [3.8, 4) is 5.75 Å². The molecule has 3 N–H and O–H groups in total. The standard InChI is InChI=1S/C30H36N6O4S/c1-17(2)40-26-14-21-20-11-12-36(6)16-25(20)33-29(37)22(21)13-24(26)34-30-31-15-19(5)28(35-30)32-23-9-7-8-10-27(23)41(38,39)18(3)4/h7-10,13-15,17-18H,11-12,16H2,1-6H3,(H,33,37)(H2,31,32,34,35). The summed E-state index contributed by atoms with van der Waals surface area (Å²) in [6.45, 7) is 10.6. The molecular formula is C30H36N6O4S. The van der Waals surface area contributed by atoms with Crippen LogP contribution in [0, 0.1) is 6.92 Å². The van der Waals surface area contributed by atoms with Crippen molar-refractivity contribution in [3.05, 3.63) is 69.8 Å². The highest BCUT2D eigenvalue weighted by Gasteiger charge is 2.24. The summed E-state index contributed by atoms with van der Waals surface area (Å²) in [5.74, 6) is 1.31. The van der Waals surface area contributed by atoms with Crippen LogP contribution < -0.4 is 20.9 Å². The van der Waals surface area contributed by atoms with Gasteiger partial charge in [-0.3, -0.25) is 4.79 Å². The quantitative estimate of drug-likeness (QED) is 0.263. The number of hydrogen-bond acceptors (Lipinski definition) is 9. The van der Waals surface area contributed by atoms with Crippen molar-refractivity contribution >= 4 is 43.8 Å². The van der Waals surface area contributed by atoms with Gasteiger partial charge < -0.3 is 25.3 Å². The Kier molecular flexibility index (Phi) is 7.76. The van der Waals surface area contributed by atoms with E-state index in [0.717, 1.165) is 35.2 Å². The lowest BCUT2D eigenvalue weighted by atomic mass is 9.97. The van der Waals surface area contributed by atoms with E-state index in [-0.39, 0.29) is 22.5 Å². The number of para-hydroxylation sites is 1. The zero-order valence-electron chi connectivity index (χ0n) is 24.2. The number of anilines is 4. The Morgan fingerprint density at radius 3 is 2.54 bits per heavy atom. The average Bonchev–Trinajstić information content (AvgIpc) is 2.91. The third kappa shape index (κ3) is 5.77. The molecule has 2 aromatic carbocycles. The highest BCUT2D eigenvalue weighted by molar-refractivity contribution is 7.92. The lowest BCUT2D eigenvalue weighted by molar-refractivity contribution is 0.244. The predicted molar refractivity (Wildman–Crippen MR) is 162 cm³/mol. The topological polar surface area (TPSA) is 129 Å². The number of likely N-dealkylation sites (N-methyl/N-ethyl adjacent to an activating group) is 1. The van der Waals surface area contributed by atoms with Crippen LogP contribution in [0.25, 0.3) is 10.8 Å². The summed E-state index contributed by atoms with van der Waals surface area (Å²) in [5.41, 5.74) is 3.63. The van der Waals surface area contributed by atoms with Gasteiger partial charge in [0, 0.05) is 35.9 Å². The predicted octanol–water partition coefficient (Wildman–Crippen LogP) is 5.07. The second-order valence-electron chi connectivity index (χ2n) is 11.0. The Hall–Kier alpha value is -3.96. The van der Waals surface area contributed by atoms with Gasteiger partial charge in [-0.05, 0) is 83.3 Å². The van der Waals surface area contributed by atoms with Crippen molar-refractivity contribution in [2.75, 3.05) is 24.2 Å². The SMILES string of the molecule is Cc1cnc(Nc2cc3c(=O)[nH]c4c(c3cc2OC(C)C)CCN(C)C4)nc1Nc1ccccc1S(=O)(=O)C(C)C. The number of H-pyrrole nitrogens is 1. The first kappa shape index (κ1) is 28.6. The zero-order chi connectivity index (χ0) is 29.5. The van der Waals surface area contributed by atoms with Crippen LogP contribution in [-0.4, -0.2) is 53.2 Å². The Labute approximate surface area is 240 Å². The lowest BCUT2D eigenvalue weighted by Crippen LogP contribution is -2.29. The molecule has 4 aromatic rings. The Morgan fingerprint density at radius 2 is 1.80 bits per heavy atom. The maximum atomic E-state index is 13.1. The van der Waals surface area contributed by atoms with E-state index in [9.17, 15) is 13.2 Å². The largest absolute Gasteiger partial charge is 0.489 e. The summed E-state index contributed by atoms with van der Waals surface area (Å²) in [4.78, 5) is 27.7. The van der Waals surface area contributed by atoms with Gasteiger partial charge in [-0.1, -0.05) is 12.1 Å². The van der Waals surface area contributed by atoms with Gasteiger partial charge in [-0.25, -0.2) is 13.4 Å². The molecule has 216 valence electrons. The van der Waals surface area contributed by atoms with Gasteiger partial charge in [-0.2, -0.15) is 4.98 Å². The minimum Gasteiger partial charge on any atom is -0.489 e. The van der Waals surface area contributed by atoms with Crippen LogP contribution in [-0.2, 0) is 22.8 Å². The second-order valence-corrected chi connectivity index (χ2v) is 13.5. The summed E-state index contributed by atoms with van der Waals surface area (Å²) in [6.07, 6.45) is 2.38. The number of ether oxygens (including phenoxy) is 1. The summed E-state index contributed by atoms with van der Waals surface area (Å²) in [5, 5.41) is 7.30. The molecule has 0 atom stereocenters. The molecule has 0 unspecified atom stereocenters. The van der Waals surface area contributed by atoms with Crippen molar-refractivity contribution in [3.63, 3.8) is 0 Å². The fraction of sp³-hybridized carbons (Fsp3) is 0.367. The van der Waals surface area contributed by atoms with Gasteiger partial charge in [0.25, 0.3) is 5.56 Å². The third-order valence-electron chi connectivity index (χ3n) is 7.14. The van der Waals surface area contributed by atoms with Crippen molar-refractivity contribution in [1.82, 2.24) is 19.9 Å². The van der Waals surface area contributed by atoms with E-state index >= 15 is 0 Å². The van der Waals surface area contributed by atoms with Crippen LogP contribution in [0.2, 0.25) is 0 Å². The molecule has 0 bridgehead atoms. The van der Waals surface area contributed by atoms with Gasteiger partial charge in [0.05, 0.1) is 27.6 Å². The first-order chi connectivity index (χ1) is 19.4. The van der Waals surface area contributed by atoms with Gasteiger partial charge in [0.15, 0.2) is 9.84 Å². The number of pyridine rings is 1. The molecule has 41 heavy (non-hydrogen) atoms. The molecule has 5 rings (SSSR count). The summed E-state index contributed by atoms with van der Waals surface area (Å²) in [6, 6.07) is 10.5. The molecule has 0 saturated carbocycles. The fourth-order valence-electron chi connectivity index (χ4n) is 4.93. The van der Waals surface area contributed by atoms with E-state index in [1.165, 1.54) is 0 Å². The van der Waals surface area contributed by atoms with E-state index in [1.54, 1.807) is 50.4 Å². The smallest absolute Gasteiger partial charge is 0.256 e. The van der Waals surface area contributed by atoms with Crippen LogP contribution in [0.3, 0.4) is 0 Å². The van der Waals surface area contributed by atoms with Gasteiger partial charge in [-0.15, -0.1) is 0 Å². The Bertz CT molecular complexity index is 1780. The molecule has 0 aliphatic carbocycles. The van der Waals surface area contributed by atoms with Crippen LogP contribution in [0.1, 0.15) is 44.5 Å². The van der Waals surface area contributed by atoms with Gasteiger partial charge >= 0.3 is 0 Å². The van der Waals surface area contributed by atoms with Crippen LogP contribution >= 0.6 is 0 Å². The summed E-state index contributed by atoms with van der Waals surface area (Å²) >= 11 is 0. The van der Waals surface area contributed by atoms with E-state index < -0.39 is 15.1 Å². The number of nitrogens with one attached hydrogen (secondary N) is 3. The lowest BCUT2D eigenvalue weighted by Gasteiger charge is -2.26. The number of rotatable bonds is 8. The Morgan fingerprint density at radius 1 is 1.05 bits per heavy atom. The summed E-state index contributed by atoms with van der Waals surface area (Å²) < 4.78 is 32.1. The highest BCUT2D eigenvalue weighted by Crippen LogP contribution is 2.35. The minimum absolute atomic E-state index is 0.104. The highest BCUT2D eigenvalue weighted by atomic mass is 32.2. The number of hydrogen-bond donors (Lipinski definition) is 3. The van der Waals surface area contributed by atoms with Crippen molar-refractivity contribution in [2.45, 2.75) is 63.8 Å². The number of aromatic amines is 1. The van der Waals surface area contributed by atoms with Crippen molar-refractivity contribution < 1.29 is 13.2 Å². The minimum atomic E-state index is -3.52. The Balaban J connectivity index is 1.55. The molecule has 1 aliphatic rings. The number of aromatic nitrogens is 3. The maximum absolute atomic E-state index is 13.1. The normalized spacial score (nSPS) is 14.0. The zero-order valence-corrected chi connectivity index (χ0v) is 25.0. The molecule has 3 heterocycles. The van der Waals surface area contributed by atoms with E-state index in [1.807, 2.05) is 33.9 Å². The van der Waals surface area contributed by atoms with Crippen LogP contribution in [0.5, 0.6) is 5.75 Å². The first-order valence-corrected chi connectivity index (χ1v) is 15.3. The molecule has 0 radical (unpaired) electrons. The molecule has 0 saturated heterocycles. The van der Waals surface area contributed by atoms with Crippen molar-refractivity contribution in [1.29, 1.82) is 0 Å². The van der Waals surface area contributed by atoms with Crippen LogP contribution in [0.4, 0.5) is 23.1 Å². The van der Waals surface area contributed by atoms with Crippen molar-refractivity contribution in [2.24, 2.45) is 0 Å². The number of sulfone groups is 1. The molecule has 11 heteroatoms. The molecule has 0 amide bonds. The third-order valence-corrected chi connectivity index (χ3v) is 9.35. The number of fused-ring (bicyclic) bond motifs is 3. The molecule has 0 fully saturated rings. The molecule has 10 nitrogen and oxygen atoms in total. The van der Waals surface area contributed by atoms with Gasteiger partial charge in [0.2, 0.25) is 5.95 Å². The summed E-state index contributed by atoms with van der Waals surface area (Å²) in [7, 11) is -1.48. The van der Waals surface area contributed by atoms with Crippen LogP contribution in [0.15, 0.2) is 52.3 Å². The average molecular weight is 577 g/mol. The van der Waals surface area contributed by atoms with E-state index in [2.05, 4.69) is 30.5 Å². The molecule has 2 aromatic heterocycles. The fourth-order valence-corrected chi connectivity index (χ4v) is 6.13. The van der Waals surface area contributed by atoms with Gasteiger partial charge in [0.1, 0.15) is 11.6 Å².